The number of piperidine rings is 1. The molecule has 4 N–H and O–H groups in total. The Morgan fingerprint density at radius 3 is 2.63 bits per heavy atom. The van der Waals surface area contributed by atoms with Gasteiger partial charge in [0.2, 0.25) is 17.7 Å². The highest BCUT2D eigenvalue weighted by molar-refractivity contribution is 6.25. The Morgan fingerprint density at radius 1 is 1.23 bits per heavy atom. The van der Waals surface area contributed by atoms with E-state index in [0.29, 0.717) is 0 Å². The van der Waals surface area contributed by atoms with Crippen LogP contribution < -0.4 is 16.0 Å². The molecule has 0 aromatic heterocycles. The minimum absolute atomic E-state index is 0.0175. The Balaban J connectivity index is 1.74. The third-order valence-corrected chi connectivity index (χ3v) is 4.80. The van der Waals surface area contributed by atoms with Crippen molar-refractivity contribution in [3.63, 3.8) is 0 Å². The maximum Gasteiger partial charge on any atom is 0.305 e. The van der Waals surface area contributed by atoms with Gasteiger partial charge in [0.15, 0.2) is 0 Å². The zero-order chi connectivity index (χ0) is 22.0. The number of rotatable bonds is 7. The minimum Gasteiger partial charge on any atom is -0.481 e. The van der Waals surface area contributed by atoms with Crippen LogP contribution in [0, 0.1) is 0 Å². The molecule has 1 aromatic carbocycles. The Hall–Kier alpha value is -3.76. The largest absolute Gasteiger partial charge is 0.481 e. The number of carbonyl (C=O) groups excluding carboxylic acids is 5. The highest BCUT2D eigenvalue weighted by Crippen LogP contribution is 2.32. The number of hydrogen-bond acceptors (Lipinski definition) is 7. The van der Waals surface area contributed by atoms with Gasteiger partial charge in [0.05, 0.1) is 24.1 Å². The topological polar surface area (TPSA) is 162 Å². The molecule has 0 aliphatic carbocycles. The molecule has 5 amide bonds. The summed E-state index contributed by atoms with van der Waals surface area (Å²) in [6.45, 7) is 1.30. The number of amides is 5. The Morgan fingerprint density at radius 2 is 1.97 bits per heavy atom. The molecule has 30 heavy (non-hydrogen) atoms. The molecule has 0 radical (unpaired) electrons. The lowest BCUT2D eigenvalue weighted by Crippen LogP contribution is -2.54. The number of carbonyl (C=O) groups is 6. The molecule has 11 nitrogen and oxygen atoms in total. The highest BCUT2D eigenvalue weighted by atomic mass is 16.4. The van der Waals surface area contributed by atoms with Crippen molar-refractivity contribution in [2.75, 3.05) is 11.9 Å². The van der Waals surface area contributed by atoms with Gasteiger partial charge in [-0.2, -0.15) is 0 Å². The molecule has 2 atom stereocenters. The lowest BCUT2D eigenvalue weighted by atomic mass is 10.0. The number of imide groups is 2. The molecule has 0 bridgehead atoms. The van der Waals surface area contributed by atoms with Gasteiger partial charge in [-0.05, 0) is 25.5 Å². The predicted octanol–water partition coefficient (Wildman–Crippen LogP) is -0.521. The third kappa shape index (κ3) is 4.14. The van der Waals surface area contributed by atoms with Crippen LogP contribution in [0.25, 0.3) is 0 Å². The number of hydrogen-bond donors (Lipinski definition) is 4. The van der Waals surface area contributed by atoms with Gasteiger partial charge in [-0.1, -0.05) is 6.07 Å². The fourth-order valence-corrected chi connectivity index (χ4v) is 3.48. The van der Waals surface area contributed by atoms with Gasteiger partial charge in [0.25, 0.3) is 11.8 Å². The predicted molar refractivity (Wildman–Crippen MR) is 101 cm³/mol. The van der Waals surface area contributed by atoms with Crippen molar-refractivity contribution in [2.24, 2.45) is 0 Å². The summed E-state index contributed by atoms with van der Waals surface area (Å²) >= 11 is 0. The van der Waals surface area contributed by atoms with Crippen LogP contribution in [0.4, 0.5) is 5.69 Å². The van der Waals surface area contributed by atoms with Crippen LogP contribution in [-0.4, -0.2) is 64.1 Å². The van der Waals surface area contributed by atoms with Crippen molar-refractivity contribution in [1.82, 2.24) is 15.5 Å². The molecular weight excluding hydrogens is 396 g/mol. The van der Waals surface area contributed by atoms with E-state index in [1.165, 1.54) is 18.2 Å². The van der Waals surface area contributed by atoms with E-state index in [-0.39, 0.29) is 42.6 Å². The summed E-state index contributed by atoms with van der Waals surface area (Å²) in [7, 11) is 0. The summed E-state index contributed by atoms with van der Waals surface area (Å²) in [5.74, 6) is -4.03. The average Bonchev–Trinajstić information content (AvgIpc) is 2.91. The summed E-state index contributed by atoms with van der Waals surface area (Å²) in [6.07, 6.45) is -0.174. The maximum absolute atomic E-state index is 12.9. The molecule has 3 rings (SSSR count). The lowest BCUT2D eigenvalue weighted by Gasteiger charge is -2.27. The Labute approximate surface area is 170 Å². The van der Waals surface area contributed by atoms with Crippen LogP contribution in [0.2, 0.25) is 0 Å². The molecule has 2 heterocycles. The molecule has 2 aliphatic heterocycles. The average molecular weight is 416 g/mol. The zero-order valence-corrected chi connectivity index (χ0v) is 16.1. The Kier molecular flexibility index (Phi) is 5.81. The molecule has 2 aliphatic rings. The van der Waals surface area contributed by atoms with Gasteiger partial charge < -0.3 is 15.7 Å². The fourth-order valence-electron chi connectivity index (χ4n) is 3.48. The normalized spacial score (nSPS) is 19.2. The molecule has 1 aromatic rings. The van der Waals surface area contributed by atoms with E-state index < -0.39 is 47.6 Å². The standard InChI is InChI=1S/C19H20N4O7/c1-9(7-15(26)27)21-14(25)8-20-11-4-2-3-10-16(11)19(30)23(18(10)29)12-5-6-13(24)22-17(12)28/h2-4,9,12,20H,5-8H2,1H3,(H,21,25)(H,26,27)(H,22,24,28)/t9-,12?/m1/s1. The summed E-state index contributed by atoms with van der Waals surface area (Å²) in [4.78, 5) is 72.7. The molecule has 0 saturated carbocycles. The van der Waals surface area contributed by atoms with Crippen molar-refractivity contribution >= 4 is 41.2 Å². The number of nitrogens with one attached hydrogen (secondary N) is 3. The number of carboxylic acid groups (broad SMARTS) is 1. The van der Waals surface area contributed by atoms with Crippen LogP contribution in [0.5, 0.6) is 0 Å². The van der Waals surface area contributed by atoms with Gasteiger partial charge in [-0.15, -0.1) is 0 Å². The van der Waals surface area contributed by atoms with Gasteiger partial charge in [-0.3, -0.25) is 39.0 Å². The van der Waals surface area contributed by atoms with Crippen molar-refractivity contribution in [2.45, 2.75) is 38.3 Å². The van der Waals surface area contributed by atoms with Crippen LogP contribution in [-0.2, 0) is 19.2 Å². The van der Waals surface area contributed by atoms with Crippen molar-refractivity contribution < 1.29 is 33.9 Å². The van der Waals surface area contributed by atoms with E-state index >= 15 is 0 Å². The smallest absolute Gasteiger partial charge is 0.305 e. The van der Waals surface area contributed by atoms with Gasteiger partial charge in [0.1, 0.15) is 6.04 Å². The summed E-state index contributed by atoms with van der Waals surface area (Å²) < 4.78 is 0. The van der Waals surface area contributed by atoms with Crippen LogP contribution in [0.15, 0.2) is 18.2 Å². The number of benzene rings is 1. The van der Waals surface area contributed by atoms with Gasteiger partial charge in [-0.25, -0.2) is 0 Å². The van der Waals surface area contributed by atoms with E-state index in [9.17, 15) is 28.8 Å². The number of fused-ring (bicyclic) bond motifs is 1. The van der Waals surface area contributed by atoms with Crippen molar-refractivity contribution in [1.29, 1.82) is 0 Å². The molecule has 1 saturated heterocycles. The summed E-state index contributed by atoms with van der Waals surface area (Å²) in [5, 5.41) is 16.2. The molecule has 11 heteroatoms. The first-order chi connectivity index (χ1) is 14.2. The van der Waals surface area contributed by atoms with Crippen LogP contribution in [0.3, 0.4) is 0 Å². The van der Waals surface area contributed by atoms with Gasteiger partial charge >= 0.3 is 5.97 Å². The second kappa shape index (κ2) is 8.31. The molecular formula is C19H20N4O7. The minimum atomic E-state index is -1.08. The van der Waals surface area contributed by atoms with Crippen LogP contribution >= 0.6 is 0 Å². The van der Waals surface area contributed by atoms with E-state index in [0.717, 1.165) is 4.90 Å². The third-order valence-electron chi connectivity index (χ3n) is 4.80. The molecule has 1 fully saturated rings. The van der Waals surface area contributed by atoms with Crippen molar-refractivity contribution in [3.05, 3.63) is 29.3 Å². The molecule has 1 unspecified atom stereocenters. The zero-order valence-electron chi connectivity index (χ0n) is 16.1. The SMILES string of the molecule is C[C@H](CC(=O)O)NC(=O)CNc1cccc2c1C(=O)N(C1CCC(=O)NC1=O)C2=O. The van der Waals surface area contributed by atoms with Gasteiger partial charge in [0, 0.05) is 18.2 Å². The van der Waals surface area contributed by atoms with Crippen LogP contribution in [0.1, 0.15) is 46.9 Å². The van der Waals surface area contributed by atoms with E-state index in [1.54, 1.807) is 6.92 Å². The number of carboxylic acids is 1. The number of aliphatic carboxylic acids is 1. The maximum atomic E-state index is 12.9. The van der Waals surface area contributed by atoms with Crippen molar-refractivity contribution in [3.8, 4) is 0 Å². The van der Waals surface area contributed by atoms with E-state index in [1.807, 2.05) is 0 Å². The number of nitrogens with zero attached hydrogens (tertiary/aromatic N) is 1. The molecule has 0 spiro atoms. The molecule has 158 valence electrons. The monoisotopic (exact) mass is 416 g/mol. The number of anilines is 1. The summed E-state index contributed by atoms with van der Waals surface area (Å²) in [5.41, 5.74) is 0.370. The fraction of sp³-hybridized carbons (Fsp3) is 0.368. The first-order valence-corrected chi connectivity index (χ1v) is 9.28. The van der Waals surface area contributed by atoms with E-state index in [2.05, 4.69) is 16.0 Å². The Bertz CT molecular complexity index is 958. The lowest BCUT2D eigenvalue weighted by molar-refractivity contribution is -0.138. The highest BCUT2D eigenvalue weighted by Gasteiger charge is 2.45. The summed E-state index contributed by atoms with van der Waals surface area (Å²) in [6, 6.07) is 2.84. The quantitative estimate of drug-likeness (QED) is 0.432. The first kappa shape index (κ1) is 21.0. The second-order valence-corrected chi connectivity index (χ2v) is 7.10. The second-order valence-electron chi connectivity index (χ2n) is 7.10. The first-order valence-electron chi connectivity index (χ1n) is 9.28. The van der Waals surface area contributed by atoms with E-state index in [4.69, 9.17) is 5.11 Å².